The Bertz CT molecular complexity index is 742. The Morgan fingerprint density at radius 3 is 2.79 bits per heavy atom. The third-order valence-electron chi connectivity index (χ3n) is 4.14. The van der Waals surface area contributed by atoms with Gasteiger partial charge in [-0.15, -0.1) is 0 Å². The molecule has 7 heteroatoms. The fourth-order valence-corrected chi connectivity index (χ4v) is 2.90. The van der Waals surface area contributed by atoms with E-state index in [-0.39, 0.29) is 18.9 Å². The van der Waals surface area contributed by atoms with Gasteiger partial charge in [0, 0.05) is 6.54 Å². The van der Waals surface area contributed by atoms with E-state index in [0.29, 0.717) is 18.7 Å². The van der Waals surface area contributed by atoms with Gasteiger partial charge >= 0.3 is 5.97 Å². The van der Waals surface area contributed by atoms with Gasteiger partial charge in [0.1, 0.15) is 0 Å². The molecule has 1 atom stereocenters. The van der Waals surface area contributed by atoms with Crippen LogP contribution in [0.25, 0.3) is 5.69 Å². The number of carboxylic acid groups (broad SMARTS) is 1. The summed E-state index contributed by atoms with van der Waals surface area (Å²) in [5.74, 6) is -1.15. The molecule has 2 aromatic rings. The molecule has 24 heavy (non-hydrogen) atoms. The minimum Gasteiger partial charge on any atom is -0.481 e. The maximum absolute atomic E-state index is 12.9. The second kappa shape index (κ2) is 6.84. The van der Waals surface area contributed by atoms with E-state index in [1.54, 1.807) is 9.58 Å². The number of para-hydroxylation sites is 1. The molecule has 1 N–H and O–H groups in total. The Morgan fingerprint density at radius 1 is 1.33 bits per heavy atom. The summed E-state index contributed by atoms with van der Waals surface area (Å²) in [5, 5.41) is 13.3. The molecule has 2 heterocycles. The minimum absolute atomic E-state index is 0.127. The Morgan fingerprint density at radius 2 is 2.08 bits per heavy atom. The Balaban J connectivity index is 1.87. The number of ether oxygens (including phenoxy) is 1. The van der Waals surface area contributed by atoms with E-state index in [9.17, 15) is 9.59 Å². The summed E-state index contributed by atoms with van der Waals surface area (Å²) in [6.45, 7) is 2.87. The Hall–Kier alpha value is -2.67. The van der Waals surface area contributed by atoms with Gasteiger partial charge in [0.2, 0.25) is 0 Å². The second-order valence-corrected chi connectivity index (χ2v) is 5.72. The topological polar surface area (TPSA) is 84.7 Å². The van der Waals surface area contributed by atoms with Gasteiger partial charge in [-0.05, 0) is 19.1 Å². The van der Waals surface area contributed by atoms with Crippen molar-refractivity contribution in [2.24, 2.45) is 0 Å². The maximum Gasteiger partial charge on any atom is 0.305 e. The fourth-order valence-electron chi connectivity index (χ4n) is 2.90. The van der Waals surface area contributed by atoms with Gasteiger partial charge in [0.05, 0.1) is 48.8 Å². The molecular weight excluding hydrogens is 310 g/mol. The van der Waals surface area contributed by atoms with E-state index in [1.165, 1.54) is 6.20 Å². The molecule has 1 unspecified atom stereocenters. The number of carbonyl (C=O) groups excluding carboxylic acids is 1. The molecule has 7 nitrogen and oxygen atoms in total. The van der Waals surface area contributed by atoms with Crippen LogP contribution in [0.3, 0.4) is 0 Å². The average Bonchev–Trinajstić information content (AvgIpc) is 2.96. The lowest BCUT2D eigenvalue weighted by molar-refractivity contribution is -0.139. The molecule has 0 aliphatic carbocycles. The summed E-state index contributed by atoms with van der Waals surface area (Å²) < 4.78 is 7.03. The molecule has 1 saturated heterocycles. The lowest BCUT2D eigenvalue weighted by Crippen LogP contribution is -2.49. The van der Waals surface area contributed by atoms with Crippen LogP contribution in [-0.2, 0) is 9.53 Å². The van der Waals surface area contributed by atoms with E-state index in [0.717, 1.165) is 11.4 Å². The standard InChI is InChI=1S/C17H19N3O4/c1-12-15(10-18-20(12)13-5-3-2-4-6-13)17(23)19-7-8-24-11-14(19)9-16(21)22/h2-6,10,14H,7-9,11H2,1H3,(H,21,22). The molecule has 0 radical (unpaired) electrons. The SMILES string of the molecule is Cc1c(C(=O)N2CCOCC2CC(=O)O)cnn1-c1ccccc1. The van der Waals surface area contributed by atoms with Crippen molar-refractivity contribution in [1.29, 1.82) is 0 Å². The summed E-state index contributed by atoms with van der Waals surface area (Å²) in [6.07, 6.45) is 1.41. The second-order valence-electron chi connectivity index (χ2n) is 5.72. The molecule has 0 spiro atoms. The highest BCUT2D eigenvalue weighted by atomic mass is 16.5. The van der Waals surface area contributed by atoms with Gasteiger partial charge in [-0.25, -0.2) is 4.68 Å². The zero-order chi connectivity index (χ0) is 17.1. The van der Waals surface area contributed by atoms with Crippen molar-refractivity contribution in [3.63, 3.8) is 0 Å². The van der Waals surface area contributed by atoms with Gasteiger partial charge in [-0.2, -0.15) is 5.10 Å². The van der Waals surface area contributed by atoms with Crippen molar-refractivity contribution in [2.45, 2.75) is 19.4 Å². The van der Waals surface area contributed by atoms with Gasteiger partial charge in [-0.1, -0.05) is 18.2 Å². The van der Waals surface area contributed by atoms with Crippen LogP contribution >= 0.6 is 0 Å². The first-order valence-electron chi connectivity index (χ1n) is 7.78. The van der Waals surface area contributed by atoms with Crippen LogP contribution in [0.5, 0.6) is 0 Å². The number of aromatic nitrogens is 2. The summed E-state index contributed by atoms with van der Waals surface area (Å²) in [4.78, 5) is 25.5. The number of aliphatic carboxylic acids is 1. The number of rotatable bonds is 4. The molecule has 1 fully saturated rings. The molecule has 1 amide bonds. The third kappa shape index (κ3) is 3.16. The van der Waals surface area contributed by atoms with Crippen LogP contribution < -0.4 is 0 Å². The fraction of sp³-hybridized carbons (Fsp3) is 0.353. The molecule has 3 rings (SSSR count). The number of carboxylic acids is 1. The van der Waals surface area contributed by atoms with Crippen LogP contribution in [0.1, 0.15) is 22.5 Å². The normalized spacial score (nSPS) is 17.7. The number of morpholine rings is 1. The zero-order valence-electron chi connectivity index (χ0n) is 13.4. The first-order valence-corrected chi connectivity index (χ1v) is 7.78. The third-order valence-corrected chi connectivity index (χ3v) is 4.14. The maximum atomic E-state index is 12.9. The van der Waals surface area contributed by atoms with Crippen LogP contribution in [0.15, 0.2) is 36.5 Å². The number of hydrogen-bond donors (Lipinski definition) is 1. The molecule has 1 aliphatic heterocycles. The number of carbonyl (C=O) groups is 2. The number of amides is 1. The van der Waals surface area contributed by atoms with Crippen molar-refractivity contribution in [2.75, 3.05) is 19.8 Å². The highest BCUT2D eigenvalue weighted by Gasteiger charge is 2.31. The zero-order valence-corrected chi connectivity index (χ0v) is 13.4. The summed E-state index contributed by atoms with van der Waals surface area (Å²) in [7, 11) is 0. The van der Waals surface area contributed by atoms with Crippen molar-refractivity contribution in [3.8, 4) is 5.69 Å². The lowest BCUT2D eigenvalue weighted by atomic mass is 10.1. The number of benzene rings is 1. The van der Waals surface area contributed by atoms with Gasteiger partial charge in [0.15, 0.2) is 0 Å². The monoisotopic (exact) mass is 329 g/mol. The van der Waals surface area contributed by atoms with Gasteiger partial charge < -0.3 is 14.7 Å². The quantitative estimate of drug-likeness (QED) is 0.919. The van der Waals surface area contributed by atoms with Gasteiger partial charge in [-0.3, -0.25) is 9.59 Å². The molecule has 126 valence electrons. The number of nitrogens with zero attached hydrogens (tertiary/aromatic N) is 3. The van der Waals surface area contributed by atoms with Crippen LogP contribution in [-0.4, -0.2) is 57.5 Å². The molecular formula is C17H19N3O4. The molecule has 1 aliphatic rings. The predicted molar refractivity (Wildman–Crippen MR) is 86.2 cm³/mol. The smallest absolute Gasteiger partial charge is 0.305 e. The Labute approximate surface area is 139 Å². The van der Waals surface area contributed by atoms with Crippen molar-refractivity contribution in [3.05, 3.63) is 47.8 Å². The highest BCUT2D eigenvalue weighted by molar-refractivity contribution is 5.95. The lowest BCUT2D eigenvalue weighted by Gasteiger charge is -2.34. The van der Waals surface area contributed by atoms with E-state index < -0.39 is 12.0 Å². The first-order chi connectivity index (χ1) is 11.6. The molecule has 0 bridgehead atoms. The largest absolute Gasteiger partial charge is 0.481 e. The van der Waals surface area contributed by atoms with E-state index in [2.05, 4.69) is 5.10 Å². The predicted octanol–water partition coefficient (Wildman–Crippen LogP) is 1.50. The molecule has 1 aromatic carbocycles. The minimum atomic E-state index is -0.944. The van der Waals surface area contributed by atoms with E-state index in [1.807, 2.05) is 37.3 Å². The average molecular weight is 329 g/mol. The molecule has 1 aromatic heterocycles. The number of hydrogen-bond acceptors (Lipinski definition) is 4. The first kappa shape index (κ1) is 16.2. The summed E-state index contributed by atoms with van der Waals surface area (Å²) >= 11 is 0. The van der Waals surface area contributed by atoms with Gasteiger partial charge in [0.25, 0.3) is 5.91 Å². The molecule has 0 saturated carbocycles. The highest BCUT2D eigenvalue weighted by Crippen LogP contribution is 2.19. The van der Waals surface area contributed by atoms with Crippen molar-refractivity contribution >= 4 is 11.9 Å². The van der Waals surface area contributed by atoms with E-state index in [4.69, 9.17) is 9.84 Å². The van der Waals surface area contributed by atoms with Crippen LogP contribution in [0, 0.1) is 6.92 Å². The van der Waals surface area contributed by atoms with Crippen molar-refractivity contribution in [1.82, 2.24) is 14.7 Å². The van der Waals surface area contributed by atoms with Crippen LogP contribution in [0.4, 0.5) is 0 Å². The van der Waals surface area contributed by atoms with E-state index >= 15 is 0 Å². The van der Waals surface area contributed by atoms with Crippen LogP contribution in [0.2, 0.25) is 0 Å². The Kier molecular flexibility index (Phi) is 4.61. The summed E-state index contributed by atoms with van der Waals surface area (Å²) in [6, 6.07) is 9.10. The summed E-state index contributed by atoms with van der Waals surface area (Å²) in [5.41, 5.74) is 2.08. The van der Waals surface area contributed by atoms with Crippen molar-refractivity contribution < 1.29 is 19.4 Å².